The van der Waals surface area contributed by atoms with Crippen LogP contribution in [0.25, 0.3) is 16.9 Å². The van der Waals surface area contributed by atoms with Crippen molar-refractivity contribution in [2.45, 2.75) is 19.9 Å². The molecule has 0 aliphatic carbocycles. The molecule has 2 heterocycles. The van der Waals surface area contributed by atoms with Crippen molar-refractivity contribution < 1.29 is 0 Å². The Kier molecular flexibility index (Phi) is 3.90. The van der Waals surface area contributed by atoms with Gasteiger partial charge in [0, 0.05) is 6.20 Å². The van der Waals surface area contributed by atoms with Crippen LogP contribution in [0, 0.1) is 6.92 Å². The summed E-state index contributed by atoms with van der Waals surface area (Å²) in [6.07, 6.45) is 1.77. The Bertz CT molecular complexity index is 1010. The lowest BCUT2D eigenvalue weighted by Crippen LogP contribution is -2.11. The Morgan fingerprint density at radius 2 is 1.68 bits per heavy atom. The molecule has 0 bridgehead atoms. The van der Waals surface area contributed by atoms with Crippen LogP contribution in [0.2, 0.25) is 0 Å². The molecule has 4 aromatic rings. The Morgan fingerprint density at radius 1 is 0.920 bits per heavy atom. The minimum atomic E-state index is 0.122. The first-order chi connectivity index (χ1) is 12.2. The smallest absolute Gasteiger partial charge is 0.225 e. The van der Waals surface area contributed by atoms with Crippen molar-refractivity contribution in [2.24, 2.45) is 0 Å². The molecule has 0 amide bonds. The highest BCUT2D eigenvalue weighted by Crippen LogP contribution is 2.21. The van der Waals surface area contributed by atoms with Crippen LogP contribution in [0.15, 0.2) is 66.9 Å². The SMILES string of the molecule is Cc1nc2ccccc2n1-c1ccnc(N[C@@H](C)c2ccccc2)n1. The first-order valence-electron chi connectivity index (χ1n) is 8.31. The number of hydrogen-bond acceptors (Lipinski definition) is 4. The van der Waals surface area contributed by atoms with Gasteiger partial charge in [0.15, 0.2) is 0 Å². The third-order valence-corrected chi connectivity index (χ3v) is 4.24. The van der Waals surface area contributed by atoms with Crippen LogP contribution in [0.3, 0.4) is 0 Å². The molecule has 1 N–H and O–H groups in total. The second kappa shape index (κ2) is 6.36. The third kappa shape index (κ3) is 2.96. The minimum Gasteiger partial charge on any atom is -0.348 e. The van der Waals surface area contributed by atoms with E-state index in [-0.39, 0.29) is 6.04 Å². The maximum atomic E-state index is 4.69. The number of nitrogens with zero attached hydrogens (tertiary/aromatic N) is 4. The molecular formula is C20H19N5. The second-order valence-corrected chi connectivity index (χ2v) is 6.00. The summed E-state index contributed by atoms with van der Waals surface area (Å²) in [4.78, 5) is 13.7. The normalized spacial score (nSPS) is 12.2. The summed E-state index contributed by atoms with van der Waals surface area (Å²) in [6, 6.07) is 20.4. The molecule has 0 aliphatic rings. The van der Waals surface area contributed by atoms with E-state index in [4.69, 9.17) is 4.98 Å². The molecule has 0 aliphatic heterocycles. The van der Waals surface area contributed by atoms with Crippen molar-refractivity contribution in [2.75, 3.05) is 5.32 Å². The quantitative estimate of drug-likeness (QED) is 0.606. The van der Waals surface area contributed by atoms with Crippen LogP contribution in [-0.4, -0.2) is 19.5 Å². The molecule has 5 nitrogen and oxygen atoms in total. The van der Waals surface area contributed by atoms with Gasteiger partial charge in [0.25, 0.3) is 0 Å². The number of nitrogens with one attached hydrogen (secondary N) is 1. The average Bonchev–Trinajstić information content (AvgIpc) is 2.98. The van der Waals surface area contributed by atoms with E-state index in [0.29, 0.717) is 5.95 Å². The van der Waals surface area contributed by atoms with Crippen molar-refractivity contribution >= 4 is 17.0 Å². The number of imidazole rings is 1. The average molecular weight is 329 g/mol. The third-order valence-electron chi connectivity index (χ3n) is 4.24. The lowest BCUT2D eigenvalue weighted by atomic mass is 10.1. The predicted octanol–water partition coefficient (Wildman–Crippen LogP) is 4.30. The van der Waals surface area contributed by atoms with Crippen molar-refractivity contribution in [3.63, 3.8) is 0 Å². The molecule has 124 valence electrons. The second-order valence-electron chi connectivity index (χ2n) is 6.00. The number of anilines is 1. The monoisotopic (exact) mass is 329 g/mol. The highest BCUT2D eigenvalue weighted by atomic mass is 15.2. The van der Waals surface area contributed by atoms with Gasteiger partial charge in [0.2, 0.25) is 5.95 Å². The fourth-order valence-electron chi connectivity index (χ4n) is 3.00. The van der Waals surface area contributed by atoms with E-state index in [1.807, 2.05) is 49.4 Å². The lowest BCUT2D eigenvalue weighted by molar-refractivity contribution is 0.851. The van der Waals surface area contributed by atoms with Gasteiger partial charge in [-0.25, -0.2) is 9.97 Å². The van der Waals surface area contributed by atoms with Gasteiger partial charge in [-0.15, -0.1) is 0 Å². The van der Waals surface area contributed by atoms with Gasteiger partial charge < -0.3 is 5.32 Å². The summed E-state index contributed by atoms with van der Waals surface area (Å²) in [5.41, 5.74) is 3.20. The van der Waals surface area contributed by atoms with E-state index < -0.39 is 0 Å². The van der Waals surface area contributed by atoms with Crippen molar-refractivity contribution in [1.82, 2.24) is 19.5 Å². The maximum absolute atomic E-state index is 4.69. The van der Waals surface area contributed by atoms with E-state index in [9.17, 15) is 0 Å². The number of aryl methyl sites for hydroxylation is 1. The standard InChI is InChI=1S/C20H19N5/c1-14(16-8-4-3-5-9-16)22-20-21-13-12-19(24-20)25-15(2)23-17-10-6-7-11-18(17)25/h3-14H,1-2H3,(H,21,22,24)/t14-/m0/s1. The van der Waals surface area contributed by atoms with Gasteiger partial charge in [-0.3, -0.25) is 4.57 Å². The van der Waals surface area contributed by atoms with Crippen LogP contribution >= 0.6 is 0 Å². The predicted molar refractivity (Wildman–Crippen MR) is 99.9 cm³/mol. The number of rotatable bonds is 4. The number of para-hydroxylation sites is 2. The highest BCUT2D eigenvalue weighted by Gasteiger charge is 2.12. The largest absolute Gasteiger partial charge is 0.348 e. The Balaban J connectivity index is 1.69. The molecule has 0 saturated carbocycles. The van der Waals surface area contributed by atoms with Crippen LogP contribution < -0.4 is 5.32 Å². The maximum Gasteiger partial charge on any atom is 0.225 e. The zero-order valence-corrected chi connectivity index (χ0v) is 14.2. The van der Waals surface area contributed by atoms with Crippen LogP contribution in [-0.2, 0) is 0 Å². The van der Waals surface area contributed by atoms with Gasteiger partial charge in [-0.2, -0.15) is 4.98 Å². The molecule has 2 aromatic heterocycles. The first-order valence-corrected chi connectivity index (χ1v) is 8.31. The molecular weight excluding hydrogens is 310 g/mol. The number of hydrogen-bond donors (Lipinski definition) is 1. The Morgan fingerprint density at radius 3 is 2.52 bits per heavy atom. The molecule has 2 aromatic carbocycles. The number of aromatic nitrogens is 4. The topological polar surface area (TPSA) is 55.6 Å². The summed E-state index contributed by atoms with van der Waals surface area (Å²) in [5.74, 6) is 2.32. The summed E-state index contributed by atoms with van der Waals surface area (Å²) < 4.78 is 2.05. The van der Waals surface area contributed by atoms with Gasteiger partial charge in [-0.1, -0.05) is 42.5 Å². The van der Waals surface area contributed by atoms with Crippen molar-refractivity contribution in [3.05, 3.63) is 78.2 Å². The van der Waals surface area contributed by atoms with Crippen LogP contribution in [0.4, 0.5) is 5.95 Å². The van der Waals surface area contributed by atoms with Gasteiger partial charge in [0.05, 0.1) is 17.1 Å². The van der Waals surface area contributed by atoms with E-state index in [1.54, 1.807) is 6.20 Å². The number of benzene rings is 2. The van der Waals surface area contributed by atoms with Crippen molar-refractivity contribution in [1.29, 1.82) is 0 Å². The fourth-order valence-corrected chi connectivity index (χ4v) is 3.00. The van der Waals surface area contributed by atoms with Gasteiger partial charge in [-0.05, 0) is 37.6 Å². The molecule has 0 radical (unpaired) electrons. The van der Waals surface area contributed by atoms with Gasteiger partial charge in [0.1, 0.15) is 11.6 Å². The van der Waals surface area contributed by atoms with Crippen molar-refractivity contribution in [3.8, 4) is 5.82 Å². The lowest BCUT2D eigenvalue weighted by Gasteiger charge is -2.15. The fraction of sp³-hybridized carbons (Fsp3) is 0.150. The zero-order chi connectivity index (χ0) is 17.2. The van der Waals surface area contributed by atoms with E-state index >= 15 is 0 Å². The van der Waals surface area contributed by atoms with Crippen LogP contribution in [0.5, 0.6) is 0 Å². The Labute approximate surface area is 146 Å². The zero-order valence-electron chi connectivity index (χ0n) is 14.2. The summed E-state index contributed by atoms with van der Waals surface area (Å²) in [7, 11) is 0. The number of fused-ring (bicyclic) bond motifs is 1. The summed E-state index contributed by atoms with van der Waals surface area (Å²) in [6.45, 7) is 4.09. The summed E-state index contributed by atoms with van der Waals surface area (Å²) in [5, 5.41) is 3.37. The Hall–Kier alpha value is -3.21. The molecule has 0 spiro atoms. The molecule has 4 rings (SSSR count). The van der Waals surface area contributed by atoms with E-state index in [1.165, 1.54) is 5.56 Å². The van der Waals surface area contributed by atoms with Gasteiger partial charge >= 0.3 is 0 Å². The van der Waals surface area contributed by atoms with E-state index in [0.717, 1.165) is 22.7 Å². The molecule has 5 heteroatoms. The van der Waals surface area contributed by atoms with Crippen LogP contribution in [0.1, 0.15) is 24.4 Å². The molecule has 25 heavy (non-hydrogen) atoms. The first kappa shape index (κ1) is 15.3. The molecule has 0 unspecified atom stereocenters. The molecule has 0 saturated heterocycles. The molecule has 1 atom stereocenters. The minimum absolute atomic E-state index is 0.122. The molecule has 0 fully saturated rings. The van der Waals surface area contributed by atoms with E-state index in [2.05, 4.69) is 45.0 Å². The highest BCUT2D eigenvalue weighted by molar-refractivity contribution is 5.77. The summed E-state index contributed by atoms with van der Waals surface area (Å²) >= 11 is 0.